The standard InChI is InChI=1S/C13H19NO4/c1-5-17-11(15)7-10-8(3)12(14-9(10)4)13(16)18-6-2/h14H,5-7H2,1-4H3. The maximum absolute atomic E-state index is 11.7. The average Bonchev–Trinajstić information content (AvgIpc) is 2.58. The first kappa shape index (κ1) is 14.3. The summed E-state index contributed by atoms with van der Waals surface area (Å²) in [4.78, 5) is 26.1. The Hall–Kier alpha value is -1.78. The molecule has 0 amide bonds. The number of nitrogens with one attached hydrogen (secondary N) is 1. The SMILES string of the molecule is CCOC(=O)Cc1c(C)[nH]c(C(=O)OCC)c1C. The molecule has 1 aromatic heterocycles. The summed E-state index contributed by atoms with van der Waals surface area (Å²) in [5.74, 6) is -0.689. The number of aromatic amines is 1. The molecule has 0 saturated carbocycles. The van der Waals surface area contributed by atoms with E-state index in [-0.39, 0.29) is 12.4 Å². The van der Waals surface area contributed by atoms with Crippen LogP contribution in [-0.4, -0.2) is 30.1 Å². The Morgan fingerprint density at radius 2 is 1.72 bits per heavy atom. The van der Waals surface area contributed by atoms with Crippen molar-refractivity contribution >= 4 is 11.9 Å². The fourth-order valence-electron chi connectivity index (χ4n) is 1.82. The monoisotopic (exact) mass is 253 g/mol. The number of hydrogen-bond acceptors (Lipinski definition) is 4. The average molecular weight is 253 g/mol. The van der Waals surface area contributed by atoms with Gasteiger partial charge in [0.2, 0.25) is 0 Å². The van der Waals surface area contributed by atoms with Gasteiger partial charge in [0.15, 0.2) is 0 Å². The van der Waals surface area contributed by atoms with Crippen molar-refractivity contribution in [3.63, 3.8) is 0 Å². The summed E-state index contributed by atoms with van der Waals surface area (Å²) in [6, 6.07) is 0. The van der Waals surface area contributed by atoms with Crippen molar-refractivity contribution in [2.24, 2.45) is 0 Å². The molecule has 0 unspecified atom stereocenters. The van der Waals surface area contributed by atoms with Gasteiger partial charge >= 0.3 is 11.9 Å². The molecule has 1 aromatic rings. The van der Waals surface area contributed by atoms with Crippen LogP contribution in [0.1, 0.15) is 41.2 Å². The largest absolute Gasteiger partial charge is 0.466 e. The molecule has 0 spiro atoms. The van der Waals surface area contributed by atoms with Crippen LogP contribution in [0.3, 0.4) is 0 Å². The van der Waals surface area contributed by atoms with Crippen LogP contribution in [0.25, 0.3) is 0 Å². The number of aromatic nitrogens is 1. The second-order valence-electron chi connectivity index (χ2n) is 3.93. The molecular weight excluding hydrogens is 234 g/mol. The van der Waals surface area contributed by atoms with E-state index in [1.54, 1.807) is 20.8 Å². The third kappa shape index (κ3) is 3.12. The van der Waals surface area contributed by atoms with Crippen LogP contribution in [0.2, 0.25) is 0 Å². The minimum Gasteiger partial charge on any atom is -0.466 e. The molecule has 18 heavy (non-hydrogen) atoms. The van der Waals surface area contributed by atoms with E-state index in [1.165, 1.54) is 0 Å². The smallest absolute Gasteiger partial charge is 0.355 e. The Balaban J connectivity index is 2.94. The van der Waals surface area contributed by atoms with Crippen molar-refractivity contribution in [1.29, 1.82) is 0 Å². The van der Waals surface area contributed by atoms with Gasteiger partial charge in [-0.15, -0.1) is 0 Å². The minimum absolute atomic E-state index is 0.168. The molecule has 0 fully saturated rings. The number of aryl methyl sites for hydroxylation is 1. The van der Waals surface area contributed by atoms with Crippen molar-refractivity contribution in [1.82, 2.24) is 4.98 Å². The third-order valence-electron chi connectivity index (χ3n) is 2.70. The summed E-state index contributed by atoms with van der Waals surface area (Å²) in [5, 5.41) is 0. The lowest BCUT2D eigenvalue weighted by Gasteiger charge is -2.03. The predicted molar refractivity (Wildman–Crippen MR) is 66.6 cm³/mol. The highest BCUT2D eigenvalue weighted by Crippen LogP contribution is 2.19. The van der Waals surface area contributed by atoms with E-state index in [4.69, 9.17) is 9.47 Å². The van der Waals surface area contributed by atoms with E-state index in [2.05, 4.69) is 4.98 Å². The number of hydrogen-bond donors (Lipinski definition) is 1. The molecule has 0 aliphatic heterocycles. The van der Waals surface area contributed by atoms with Gasteiger partial charge in [-0.2, -0.15) is 0 Å². The maximum atomic E-state index is 11.7. The first-order valence-electron chi connectivity index (χ1n) is 6.02. The lowest BCUT2D eigenvalue weighted by Crippen LogP contribution is -2.09. The van der Waals surface area contributed by atoms with Gasteiger partial charge < -0.3 is 14.5 Å². The summed E-state index contributed by atoms with van der Waals surface area (Å²) in [7, 11) is 0. The lowest BCUT2D eigenvalue weighted by molar-refractivity contribution is -0.142. The van der Waals surface area contributed by atoms with Crippen LogP contribution in [0, 0.1) is 13.8 Å². The Bertz CT molecular complexity index is 448. The highest BCUT2D eigenvalue weighted by atomic mass is 16.5. The third-order valence-corrected chi connectivity index (χ3v) is 2.70. The van der Waals surface area contributed by atoms with Crippen molar-refractivity contribution in [2.75, 3.05) is 13.2 Å². The van der Waals surface area contributed by atoms with Gasteiger partial charge in [0.1, 0.15) is 5.69 Å². The van der Waals surface area contributed by atoms with Gasteiger partial charge in [-0.05, 0) is 38.8 Å². The normalized spacial score (nSPS) is 10.2. The van der Waals surface area contributed by atoms with Crippen LogP contribution in [0.4, 0.5) is 0 Å². The zero-order chi connectivity index (χ0) is 13.7. The highest BCUT2D eigenvalue weighted by Gasteiger charge is 2.20. The number of rotatable bonds is 5. The first-order valence-corrected chi connectivity index (χ1v) is 6.02. The number of ether oxygens (including phenoxy) is 2. The van der Waals surface area contributed by atoms with Crippen molar-refractivity contribution in [3.05, 3.63) is 22.5 Å². The molecule has 0 saturated heterocycles. The molecular formula is C13H19NO4. The van der Waals surface area contributed by atoms with E-state index < -0.39 is 5.97 Å². The second kappa shape index (κ2) is 6.23. The molecule has 0 radical (unpaired) electrons. The topological polar surface area (TPSA) is 68.4 Å². The van der Waals surface area contributed by atoms with E-state index in [9.17, 15) is 9.59 Å². The Morgan fingerprint density at radius 1 is 1.11 bits per heavy atom. The molecule has 0 aliphatic carbocycles. The Labute approximate surface area is 106 Å². The zero-order valence-electron chi connectivity index (χ0n) is 11.3. The molecule has 1 N–H and O–H groups in total. The number of carbonyl (C=O) groups excluding carboxylic acids is 2. The van der Waals surface area contributed by atoms with Crippen molar-refractivity contribution in [2.45, 2.75) is 34.1 Å². The molecule has 0 aliphatic rings. The van der Waals surface area contributed by atoms with Crippen molar-refractivity contribution < 1.29 is 19.1 Å². The number of esters is 2. The summed E-state index contributed by atoms with van der Waals surface area (Å²) in [6.45, 7) is 7.81. The Kier molecular flexibility index (Phi) is 4.95. The van der Waals surface area contributed by atoms with E-state index >= 15 is 0 Å². The van der Waals surface area contributed by atoms with Crippen LogP contribution in [0.15, 0.2) is 0 Å². The molecule has 0 aromatic carbocycles. The highest BCUT2D eigenvalue weighted by molar-refractivity contribution is 5.90. The minimum atomic E-state index is -0.395. The summed E-state index contributed by atoms with van der Waals surface area (Å²) >= 11 is 0. The molecule has 0 atom stereocenters. The Morgan fingerprint density at radius 3 is 2.28 bits per heavy atom. The second-order valence-corrected chi connectivity index (χ2v) is 3.93. The van der Waals surface area contributed by atoms with Gasteiger partial charge in [0.05, 0.1) is 19.6 Å². The first-order chi connectivity index (χ1) is 8.51. The fraction of sp³-hybridized carbons (Fsp3) is 0.538. The number of carbonyl (C=O) groups is 2. The summed E-state index contributed by atoms with van der Waals surface area (Å²) < 4.78 is 9.85. The molecule has 5 nitrogen and oxygen atoms in total. The van der Waals surface area contributed by atoms with Gasteiger partial charge in [0, 0.05) is 5.69 Å². The summed E-state index contributed by atoms with van der Waals surface area (Å²) in [5.41, 5.74) is 2.76. The van der Waals surface area contributed by atoms with Gasteiger partial charge in [-0.25, -0.2) is 4.79 Å². The zero-order valence-corrected chi connectivity index (χ0v) is 11.3. The predicted octanol–water partition coefficient (Wildman–Crippen LogP) is 1.91. The molecule has 1 heterocycles. The van der Waals surface area contributed by atoms with Crippen LogP contribution in [0.5, 0.6) is 0 Å². The molecule has 1 rings (SSSR count). The van der Waals surface area contributed by atoms with Gasteiger partial charge in [0.25, 0.3) is 0 Å². The molecule has 100 valence electrons. The van der Waals surface area contributed by atoms with Gasteiger partial charge in [-0.3, -0.25) is 4.79 Å². The number of H-pyrrole nitrogens is 1. The van der Waals surface area contributed by atoms with E-state index in [0.717, 1.165) is 16.8 Å². The lowest BCUT2D eigenvalue weighted by atomic mass is 10.1. The molecule has 5 heteroatoms. The van der Waals surface area contributed by atoms with Crippen LogP contribution < -0.4 is 0 Å². The summed E-state index contributed by atoms with van der Waals surface area (Å²) in [6.07, 6.45) is 0.168. The van der Waals surface area contributed by atoms with E-state index in [0.29, 0.717) is 18.9 Å². The van der Waals surface area contributed by atoms with E-state index in [1.807, 2.05) is 6.92 Å². The van der Waals surface area contributed by atoms with Crippen LogP contribution in [-0.2, 0) is 20.7 Å². The quantitative estimate of drug-likeness (QED) is 0.814. The van der Waals surface area contributed by atoms with Gasteiger partial charge in [-0.1, -0.05) is 0 Å². The molecule has 0 bridgehead atoms. The van der Waals surface area contributed by atoms with Crippen LogP contribution >= 0.6 is 0 Å². The maximum Gasteiger partial charge on any atom is 0.355 e. The van der Waals surface area contributed by atoms with Crippen molar-refractivity contribution in [3.8, 4) is 0 Å². The fourth-order valence-corrected chi connectivity index (χ4v) is 1.82.